The van der Waals surface area contributed by atoms with E-state index in [9.17, 15) is 4.79 Å². The molecule has 0 saturated carbocycles. The summed E-state index contributed by atoms with van der Waals surface area (Å²) in [6.45, 7) is 0. The maximum Gasteiger partial charge on any atom is 0.328 e. The molecular weight excluding hydrogens is 260 g/mol. The summed E-state index contributed by atoms with van der Waals surface area (Å²) < 4.78 is 4.71. The Morgan fingerprint density at radius 3 is 2.80 bits per heavy atom. The van der Waals surface area contributed by atoms with Crippen LogP contribution in [0, 0.1) is 0 Å². The van der Waals surface area contributed by atoms with E-state index in [2.05, 4.69) is 15.3 Å². The van der Waals surface area contributed by atoms with Crippen molar-refractivity contribution in [1.29, 1.82) is 0 Å². The maximum atomic E-state index is 11.5. The molecule has 0 amide bonds. The van der Waals surface area contributed by atoms with Gasteiger partial charge in [0.1, 0.15) is 6.04 Å². The number of carbonyl (C=O) groups is 1. The molecule has 1 atom stereocenters. The zero-order valence-electron chi connectivity index (χ0n) is 11.0. The van der Waals surface area contributed by atoms with Gasteiger partial charge in [-0.15, -0.1) is 0 Å². The Kier molecular flexibility index (Phi) is 3.74. The third-order valence-corrected chi connectivity index (χ3v) is 2.82. The number of fused-ring (bicyclic) bond motifs is 1. The molecule has 0 fully saturated rings. The molecule has 0 saturated heterocycles. The Labute approximate surface area is 115 Å². The van der Waals surface area contributed by atoms with Crippen LogP contribution < -0.4 is 22.5 Å². The minimum atomic E-state index is -0.371. The Balaban J connectivity index is 2.20. The van der Waals surface area contributed by atoms with Crippen molar-refractivity contribution in [3.63, 3.8) is 0 Å². The second-order valence-corrected chi connectivity index (χ2v) is 4.27. The molecule has 0 aliphatic carbocycles. The fraction of sp³-hybridized carbons (Fsp3) is 0.250. The number of methoxy groups -OCH3 is 1. The van der Waals surface area contributed by atoms with Gasteiger partial charge in [-0.2, -0.15) is 4.99 Å². The molecule has 1 aromatic rings. The lowest BCUT2D eigenvalue weighted by Gasteiger charge is -2.07. The number of rotatable bonds is 2. The fourth-order valence-corrected chi connectivity index (χ4v) is 1.98. The first kappa shape index (κ1) is 13.7. The largest absolute Gasteiger partial charge is 0.467 e. The van der Waals surface area contributed by atoms with Crippen LogP contribution in [0.5, 0.6) is 0 Å². The molecule has 106 valence electrons. The van der Waals surface area contributed by atoms with Gasteiger partial charge in [-0.25, -0.2) is 9.79 Å². The number of benzene rings is 1. The summed E-state index contributed by atoms with van der Waals surface area (Å²) in [6, 6.07) is 5.04. The summed E-state index contributed by atoms with van der Waals surface area (Å²) in [4.78, 5) is 19.2. The molecule has 0 radical (unpaired) electrons. The minimum Gasteiger partial charge on any atom is -0.467 e. The summed E-state index contributed by atoms with van der Waals surface area (Å²) in [5.41, 5.74) is 18.4. The van der Waals surface area contributed by atoms with Gasteiger partial charge < -0.3 is 27.3 Å². The van der Waals surface area contributed by atoms with E-state index in [0.717, 1.165) is 11.3 Å². The minimum absolute atomic E-state index is 0.0348. The van der Waals surface area contributed by atoms with E-state index >= 15 is 0 Å². The van der Waals surface area contributed by atoms with Crippen LogP contribution in [0.2, 0.25) is 0 Å². The van der Waals surface area contributed by atoms with E-state index in [-0.39, 0.29) is 23.9 Å². The smallest absolute Gasteiger partial charge is 0.328 e. The number of guanidine groups is 2. The van der Waals surface area contributed by atoms with Gasteiger partial charge in [-0.05, 0) is 17.7 Å². The Morgan fingerprint density at radius 1 is 1.40 bits per heavy atom. The third-order valence-electron chi connectivity index (χ3n) is 2.82. The molecule has 0 bridgehead atoms. The molecular formula is C12H16N6O2. The summed E-state index contributed by atoms with van der Waals surface area (Å²) in [7, 11) is 1.36. The molecule has 2 rings (SSSR count). The summed E-state index contributed by atoms with van der Waals surface area (Å²) >= 11 is 0. The monoisotopic (exact) mass is 276 g/mol. The first-order chi connectivity index (χ1) is 9.49. The van der Waals surface area contributed by atoms with Crippen molar-refractivity contribution in [2.45, 2.75) is 12.5 Å². The van der Waals surface area contributed by atoms with E-state index in [0.29, 0.717) is 12.1 Å². The highest BCUT2D eigenvalue weighted by Crippen LogP contribution is 2.30. The second kappa shape index (κ2) is 5.47. The number of nitrogens with one attached hydrogen (secondary N) is 1. The number of anilines is 1. The Hall–Kier alpha value is -2.77. The molecule has 8 heteroatoms. The topological polar surface area (TPSA) is 141 Å². The molecule has 1 unspecified atom stereocenters. The van der Waals surface area contributed by atoms with Gasteiger partial charge in [0.25, 0.3) is 0 Å². The molecule has 8 nitrogen and oxygen atoms in total. The summed E-state index contributed by atoms with van der Waals surface area (Å²) in [5, 5.41) is 3.07. The van der Waals surface area contributed by atoms with Crippen molar-refractivity contribution < 1.29 is 9.53 Å². The van der Waals surface area contributed by atoms with E-state index in [1.807, 2.05) is 6.07 Å². The summed E-state index contributed by atoms with van der Waals surface area (Å²) in [6.07, 6.45) is 0.579. The lowest BCUT2D eigenvalue weighted by atomic mass is 10.1. The molecule has 7 N–H and O–H groups in total. The maximum absolute atomic E-state index is 11.5. The molecule has 0 spiro atoms. The van der Waals surface area contributed by atoms with Crippen molar-refractivity contribution in [2.24, 2.45) is 27.2 Å². The number of hydrogen-bond acceptors (Lipinski definition) is 4. The lowest BCUT2D eigenvalue weighted by molar-refractivity contribution is -0.141. The summed E-state index contributed by atoms with van der Waals surface area (Å²) in [5.74, 6) is -0.491. The van der Waals surface area contributed by atoms with Crippen molar-refractivity contribution in [2.75, 3.05) is 12.4 Å². The van der Waals surface area contributed by atoms with E-state index in [4.69, 9.17) is 21.9 Å². The van der Waals surface area contributed by atoms with Crippen LogP contribution in [0.1, 0.15) is 5.56 Å². The highest BCUT2D eigenvalue weighted by atomic mass is 16.5. The van der Waals surface area contributed by atoms with Gasteiger partial charge in [-0.1, -0.05) is 6.07 Å². The lowest BCUT2D eigenvalue weighted by Crippen LogP contribution is -2.27. The predicted molar refractivity (Wildman–Crippen MR) is 76.7 cm³/mol. The molecule has 1 aliphatic rings. The van der Waals surface area contributed by atoms with Gasteiger partial charge >= 0.3 is 5.97 Å². The van der Waals surface area contributed by atoms with Crippen LogP contribution in [-0.4, -0.2) is 31.0 Å². The zero-order chi connectivity index (χ0) is 14.7. The van der Waals surface area contributed by atoms with Crippen LogP contribution in [0.3, 0.4) is 0 Å². The molecule has 1 heterocycles. The van der Waals surface area contributed by atoms with Gasteiger partial charge in [0.2, 0.25) is 5.96 Å². The van der Waals surface area contributed by atoms with E-state index < -0.39 is 0 Å². The SMILES string of the molecule is COC(=O)C1Cc2ccc(N=C(N)N=C(N)N)cc2N1. The van der Waals surface area contributed by atoms with Crippen LogP contribution in [0.25, 0.3) is 0 Å². The number of aliphatic imine (C=N–C) groups is 2. The van der Waals surface area contributed by atoms with Crippen LogP contribution in [0.15, 0.2) is 28.2 Å². The van der Waals surface area contributed by atoms with E-state index in [1.165, 1.54) is 7.11 Å². The number of ether oxygens (including phenoxy) is 1. The molecule has 20 heavy (non-hydrogen) atoms. The van der Waals surface area contributed by atoms with Crippen LogP contribution in [0.4, 0.5) is 11.4 Å². The number of nitrogens with zero attached hydrogens (tertiary/aromatic N) is 2. The average Bonchev–Trinajstić information content (AvgIpc) is 2.79. The van der Waals surface area contributed by atoms with E-state index in [1.54, 1.807) is 12.1 Å². The Morgan fingerprint density at radius 2 is 2.15 bits per heavy atom. The molecule has 1 aromatic carbocycles. The average molecular weight is 276 g/mol. The highest BCUT2D eigenvalue weighted by Gasteiger charge is 2.27. The first-order valence-corrected chi connectivity index (χ1v) is 5.90. The van der Waals surface area contributed by atoms with Gasteiger partial charge in [0.15, 0.2) is 5.96 Å². The van der Waals surface area contributed by atoms with Crippen molar-refractivity contribution >= 4 is 29.3 Å². The molecule has 1 aliphatic heterocycles. The molecule has 0 aromatic heterocycles. The number of nitrogens with two attached hydrogens (primary N) is 3. The fourth-order valence-electron chi connectivity index (χ4n) is 1.98. The normalized spacial score (nSPS) is 17.1. The van der Waals surface area contributed by atoms with Gasteiger partial charge in [0, 0.05) is 12.1 Å². The number of esters is 1. The highest BCUT2D eigenvalue weighted by molar-refractivity contribution is 5.93. The predicted octanol–water partition coefficient (Wildman–Crippen LogP) is -0.584. The standard InChI is InChI=1S/C12H16N6O2/c1-20-10(19)9-4-6-2-3-7(5-8(6)17-9)16-12(15)18-11(13)14/h2-3,5,9,17H,4H2,1H3,(H6,13,14,15,16,18). The third kappa shape index (κ3) is 2.97. The van der Waals surface area contributed by atoms with Crippen molar-refractivity contribution in [3.8, 4) is 0 Å². The first-order valence-electron chi connectivity index (χ1n) is 5.90. The number of carbonyl (C=O) groups excluding carboxylic acids is 1. The van der Waals surface area contributed by atoms with Crippen LogP contribution in [-0.2, 0) is 16.0 Å². The van der Waals surface area contributed by atoms with Gasteiger partial charge in [-0.3, -0.25) is 0 Å². The second-order valence-electron chi connectivity index (χ2n) is 4.27. The quantitative estimate of drug-likeness (QED) is 0.323. The number of hydrogen-bond donors (Lipinski definition) is 4. The van der Waals surface area contributed by atoms with Crippen LogP contribution >= 0.6 is 0 Å². The van der Waals surface area contributed by atoms with Crippen molar-refractivity contribution in [1.82, 2.24) is 0 Å². The van der Waals surface area contributed by atoms with Crippen molar-refractivity contribution in [3.05, 3.63) is 23.8 Å². The van der Waals surface area contributed by atoms with Gasteiger partial charge in [0.05, 0.1) is 12.8 Å². The zero-order valence-corrected chi connectivity index (χ0v) is 11.0. The Bertz CT molecular complexity index is 592.